The topological polar surface area (TPSA) is 95.5 Å². The maximum absolute atomic E-state index is 12.7. The number of carbonyl (C=O) groups is 1. The van der Waals surface area contributed by atoms with Gasteiger partial charge in [-0.1, -0.05) is 107 Å². The minimum absolute atomic E-state index is 0. The van der Waals surface area contributed by atoms with E-state index >= 15 is 0 Å². The lowest BCUT2D eigenvalue weighted by Gasteiger charge is -2.33. The highest BCUT2D eigenvalue weighted by Gasteiger charge is 2.28. The summed E-state index contributed by atoms with van der Waals surface area (Å²) >= 11 is 0. The zero-order chi connectivity index (χ0) is 38.6. The van der Waals surface area contributed by atoms with Crippen molar-refractivity contribution in [1.29, 1.82) is 0 Å². The summed E-state index contributed by atoms with van der Waals surface area (Å²) < 4.78 is 17.4. The van der Waals surface area contributed by atoms with E-state index < -0.39 is 11.9 Å². The van der Waals surface area contributed by atoms with E-state index in [1.807, 2.05) is 86.6 Å². The van der Waals surface area contributed by atoms with Crippen LogP contribution in [0.4, 0.5) is 24.6 Å². The molecule has 57 heavy (non-hydrogen) atoms. The summed E-state index contributed by atoms with van der Waals surface area (Å²) in [5, 5.41) is 17.0. The van der Waals surface area contributed by atoms with Crippen LogP contribution in [0.15, 0.2) is 72.8 Å². The number of piperidine rings is 1. The fourth-order valence-electron chi connectivity index (χ4n) is 7.06. The number of ether oxygens (including phenoxy) is 3. The van der Waals surface area contributed by atoms with Crippen LogP contribution in [0.3, 0.4) is 0 Å². The number of hydrogen-bond donors (Lipinski definition) is 3. The first kappa shape index (κ1) is 51.3. The SMILES string of the molecule is CC1(C)OCc2cc(C(O)CNCCCCCCCCCN3CCC(OC(=O)Nc4ccccc4-c4ccccc4)CC3)ccc2O1.CCN(CC)CC.F.F.F. The summed E-state index contributed by atoms with van der Waals surface area (Å²) in [6.45, 7) is 19.0. The van der Waals surface area contributed by atoms with E-state index in [9.17, 15) is 9.90 Å². The lowest BCUT2D eigenvalue weighted by molar-refractivity contribution is -0.180. The Labute approximate surface area is 339 Å². The Balaban J connectivity index is 0.00000149. The molecule has 1 amide bonds. The number of likely N-dealkylation sites (tertiary alicyclic amines) is 1. The highest BCUT2D eigenvalue weighted by Crippen LogP contribution is 2.33. The van der Waals surface area contributed by atoms with Gasteiger partial charge in [0.15, 0.2) is 0 Å². The van der Waals surface area contributed by atoms with Crippen LogP contribution in [0, 0.1) is 0 Å². The van der Waals surface area contributed by atoms with Crippen molar-refractivity contribution in [2.24, 2.45) is 0 Å². The molecule has 2 heterocycles. The summed E-state index contributed by atoms with van der Waals surface area (Å²) in [5.74, 6) is 0.227. The first-order valence-electron chi connectivity index (χ1n) is 20.6. The van der Waals surface area contributed by atoms with Crippen molar-refractivity contribution in [2.75, 3.05) is 57.7 Å². The van der Waals surface area contributed by atoms with Crippen LogP contribution in [0.1, 0.15) is 110 Å². The van der Waals surface area contributed by atoms with Gasteiger partial charge in [-0.3, -0.25) is 19.4 Å². The smallest absolute Gasteiger partial charge is 0.411 e. The number of aliphatic hydroxyl groups excluding tert-OH is 1. The molecule has 0 aliphatic carbocycles. The number of amides is 1. The largest absolute Gasteiger partial charge is 0.463 e. The molecule has 0 saturated carbocycles. The summed E-state index contributed by atoms with van der Waals surface area (Å²) in [7, 11) is 0. The number of benzene rings is 3. The molecule has 1 saturated heterocycles. The number of halogens is 3. The molecule has 0 radical (unpaired) electrons. The van der Waals surface area contributed by atoms with E-state index in [0.717, 1.165) is 79.1 Å². The van der Waals surface area contributed by atoms with Gasteiger partial charge in [0.25, 0.3) is 0 Å². The third kappa shape index (κ3) is 18.2. The third-order valence-corrected chi connectivity index (χ3v) is 10.5. The van der Waals surface area contributed by atoms with E-state index in [4.69, 9.17) is 14.2 Å². The lowest BCUT2D eigenvalue weighted by atomic mass is 10.0. The number of rotatable bonds is 19. The zero-order valence-corrected chi connectivity index (χ0v) is 35.0. The van der Waals surface area contributed by atoms with E-state index in [1.54, 1.807) is 0 Å². The van der Waals surface area contributed by atoms with Gasteiger partial charge >= 0.3 is 6.09 Å². The molecular formula is C45H71F3N4O5. The van der Waals surface area contributed by atoms with Gasteiger partial charge in [-0.05, 0) is 87.7 Å². The Hall–Kier alpha value is -3.68. The molecule has 9 nitrogen and oxygen atoms in total. The fraction of sp³-hybridized carbons (Fsp3) is 0.578. The summed E-state index contributed by atoms with van der Waals surface area (Å²) in [6.07, 6.45) is 9.45. The second-order valence-corrected chi connectivity index (χ2v) is 15.0. The highest BCUT2D eigenvalue weighted by atomic mass is 19.0. The number of para-hydroxylation sites is 1. The molecule has 0 bridgehead atoms. The van der Waals surface area contributed by atoms with Gasteiger partial charge in [-0.15, -0.1) is 0 Å². The van der Waals surface area contributed by atoms with Crippen molar-refractivity contribution in [3.8, 4) is 16.9 Å². The van der Waals surface area contributed by atoms with Crippen molar-refractivity contribution < 1.29 is 38.2 Å². The number of nitrogens with one attached hydrogen (secondary N) is 2. The third-order valence-electron chi connectivity index (χ3n) is 10.5. The van der Waals surface area contributed by atoms with Crippen molar-refractivity contribution >= 4 is 11.8 Å². The average Bonchev–Trinajstić information content (AvgIpc) is 3.18. The molecule has 3 aromatic rings. The van der Waals surface area contributed by atoms with Crippen LogP contribution < -0.4 is 15.4 Å². The molecule has 322 valence electrons. The molecule has 0 spiro atoms. The molecule has 3 aromatic carbocycles. The summed E-state index contributed by atoms with van der Waals surface area (Å²) in [5.41, 5.74) is 4.70. The van der Waals surface area contributed by atoms with Crippen molar-refractivity contribution in [3.05, 3.63) is 83.9 Å². The number of hydrogen-bond acceptors (Lipinski definition) is 8. The lowest BCUT2D eigenvalue weighted by Crippen LogP contribution is -2.38. The Bertz CT molecular complexity index is 1500. The quantitative estimate of drug-likeness (QED) is 0.103. The van der Waals surface area contributed by atoms with Gasteiger partial charge in [0, 0.05) is 44.6 Å². The first-order valence-corrected chi connectivity index (χ1v) is 20.6. The summed E-state index contributed by atoms with van der Waals surface area (Å²) in [4.78, 5) is 17.6. The number of anilines is 1. The maximum Gasteiger partial charge on any atom is 0.411 e. The molecule has 12 heteroatoms. The van der Waals surface area contributed by atoms with Gasteiger partial charge < -0.3 is 34.4 Å². The molecule has 1 fully saturated rings. The summed E-state index contributed by atoms with van der Waals surface area (Å²) in [6, 6.07) is 23.8. The van der Waals surface area contributed by atoms with Crippen LogP contribution in [0.25, 0.3) is 11.1 Å². The first-order chi connectivity index (χ1) is 26.2. The standard InChI is InChI=1S/C39H53N3O5.C6H15N.3FH/c1-39(2)45-29-32-27-31(19-20-37(32)47-39)36(43)28-40-23-13-6-4-3-5-7-14-24-42-25-21-33(22-26-42)46-38(44)41-35-18-12-11-17-34(35)30-15-9-8-10-16-30;1-4-7(5-2)6-3;;;/h8-12,15-20,27,33,36,40,43H,3-7,13-14,21-26,28-29H2,1-2H3,(H,41,44);4-6H2,1-3H3;3*1H. The van der Waals surface area contributed by atoms with Crippen molar-refractivity contribution in [1.82, 2.24) is 15.1 Å². The number of fused-ring (bicyclic) bond motifs is 1. The van der Waals surface area contributed by atoms with E-state index in [0.29, 0.717) is 13.2 Å². The van der Waals surface area contributed by atoms with Crippen molar-refractivity contribution in [3.63, 3.8) is 0 Å². The van der Waals surface area contributed by atoms with Crippen LogP contribution >= 0.6 is 0 Å². The second-order valence-electron chi connectivity index (χ2n) is 15.0. The molecule has 2 aliphatic rings. The molecule has 1 unspecified atom stereocenters. The Morgan fingerprint density at radius 1 is 0.860 bits per heavy atom. The highest BCUT2D eigenvalue weighted by molar-refractivity contribution is 5.91. The number of aliphatic hydroxyl groups is 1. The van der Waals surface area contributed by atoms with Crippen LogP contribution in [0.2, 0.25) is 0 Å². The Morgan fingerprint density at radius 3 is 2.12 bits per heavy atom. The Kier molecular flexibility index (Phi) is 25.1. The second kappa shape index (κ2) is 27.9. The predicted molar refractivity (Wildman–Crippen MR) is 229 cm³/mol. The molecule has 1 atom stereocenters. The molecule has 2 aliphatic heterocycles. The van der Waals surface area contributed by atoms with Gasteiger partial charge in [0.05, 0.1) is 18.4 Å². The molecule has 0 aromatic heterocycles. The van der Waals surface area contributed by atoms with Gasteiger partial charge in [0.2, 0.25) is 5.79 Å². The number of unbranched alkanes of at least 4 members (excludes halogenated alkanes) is 6. The zero-order valence-electron chi connectivity index (χ0n) is 35.0. The van der Waals surface area contributed by atoms with E-state index in [-0.39, 0.29) is 26.3 Å². The maximum atomic E-state index is 12.7. The molecule has 5 rings (SSSR count). The average molecular weight is 805 g/mol. The van der Waals surface area contributed by atoms with Gasteiger partial charge in [0.1, 0.15) is 11.9 Å². The monoisotopic (exact) mass is 805 g/mol. The minimum atomic E-state index is -0.607. The normalized spacial score (nSPS) is 15.3. The van der Waals surface area contributed by atoms with Gasteiger partial charge in [-0.2, -0.15) is 0 Å². The van der Waals surface area contributed by atoms with E-state index in [2.05, 4.69) is 41.2 Å². The predicted octanol–water partition coefficient (Wildman–Crippen LogP) is 9.87. The number of carbonyl (C=O) groups excluding carboxylic acids is 1. The molecular weight excluding hydrogens is 734 g/mol. The minimum Gasteiger partial charge on any atom is -0.463 e. The fourth-order valence-corrected chi connectivity index (χ4v) is 7.06. The van der Waals surface area contributed by atoms with Crippen LogP contribution in [0.5, 0.6) is 5.75 Å². The Morgan fingerprint density at radius 2 is 1.47 bits per heavy atom. The van der Waals surface area contributed by atoms with Gasteiger partial charge in [-0.25, -0.2) is 4.79 Å². The van der Waals surface area contributed by atoms with Crippen LogP contribution in [-0.4, -0.2) is 85.2 Å². The molecule has 3 N–H and O–H groups in total. The van der Waals surface area contributed by atoms with E-state index in [1.165, 1.54) is 58.2 Å². The van der Waals surface area contributed by atoms with Crippen LogP contribution in [-0.2, 0) is 16.1 Å². The number of nitrogens with zero attached hydrogens (tertiary/aromatic N) is 2. The van der Waals surface area contributed by atoms with Crippen molar-refractivity contribution in [2.45, 2.75) is 117 Å².